The Labute approximate surface area is 180 Å². The van der Waals surface area contributed by atoms with Crippen molar-refractivity contribution in [2.24, 2.45) is 5.73 Å². The summed E-state index contributed by atoms with van der Waals surface area (Å²) in [6, 6.07) is 8.95. The van der Waals surface area contributed by atoms with E-state index in [1.807, 2.05) is 39.8 Å². The summed E-state index contributed by atoms with van der Waals surface area (Å²) in [7, 11) is -0.515. The van der Waals surface area contributed by atoms with E-state index in [0.717, 1.165) is 29.2 Å². The molecule has 0 aromatic heterocycles. The third-order valence-electron chi connectivity index (χ3n) is 5.78. The Balaban J connectivity index is 1.68. The van der Waals surface area contributed by atoms with Crippen LogP contribution in [0.5, 0.6) is 0 Å². The number of primary amides is 1. The second-order valence-electron chi connectivity index (χ2n) is 8.59. The highest BCUT2D eigenvalue weighted by atomic mass is 19.2. The third-order valence-corrected chi connectivity index (χ3v) is 5.78. The van der Waals surface area contributed by atoms with Gasteiger partial charge in [-0.25, -0.2) is 8.78 Å². The fraction of sp³-hybridized carbons (Fsp3) is 0.364. The molecule has 0 aliphatic carbocycles. The second-order valence-corrected chi connectivity index (χ2v) is 8.59. The highest BCUT2D eigenvalue weighted by Gasteiger charge is 2.51. The van der Waals surface area contributed by atoms with E-state index < -0.39 is 47.8 Å². The minimum absolute atomic E-state index is 0.110. The normalized spacial score (nSPS) is 17.9. The number of rotatable bonds is 6. The number of hydrogen-bond donors (Lipinski definition) is 2. The van der Waals surface area contributed by atoms with E-state index in [-0.39, 0.29) is 12.0 Å². The van der Waals surface area contributed by atoms with Gasteiger partial charge in [0.05, 0.1) is 11.2 Å². The summed E-state index contributed by atoms with van der Waals surface area (Å²) in [5.74, 6) is -3.69. The maximum absolute atomic E-state index is 13.4. The molecule has 0 spiro atoms. The molecule has 2 amide bonds. The van der Waals surface area contributed by atoms with Crippen LogP contribution in [0.3, 0.4) is 0 Å². The van der Waals surface area contributed by atoms with Gasteiger partial charge in [0.15, 0.2) is 11.6 Å². The molecule has 3 rings (SSSR count). The maximum Gasteiger partial charge on any atom is 0.494 e. The molecule has 1 heterocycles. The Bertz CT molecular complexity index is 980. The number of nitrogens with two attached hydrogens (primary N) is 1. The number of hydrogen-bond acceptors (Lipinski definition) is 4. The standard InChI is InChI=1S/C22H25BF2N2O4/c1-21(2)22(3,4)31-23(30-21)15-8-5-13(6-9-15)11-18(19(26)28)27-20(29)14-7-10-16(24)17(25)12-14/h5-10,12,18H,11H2,1-4H3,(H2,26,28)(H,27,29)/t18-/m1/s1. The van der Waals surface area contributed by atoms with Crippen molar-refractivity contribution in [1.29, 1.82) is 0 Å². The molecule has 1 aliphatic rings. The van der Waals surface area contributed by atoms with Crippen LogP contribution in [-0.2, 0) is 20.5 Å². The molecule has 2 aromatic rings. The van der Waals surface area contributed by atoms with Gasteiger partial charge in [0, 0.05) is 12.0 Å². The lowest BCUT2D eigenvalue weighted by molar-refractivity contribution is -0.119. The van der Waals surface area contributed by atoms with Crippen LogP contribution in [0.25, 0.3) is 0 Å². The van der Waals surface area contributed by atoms with E-state index in [4.69, 9.17) is 15.0 Å². The molecule has 0 unspecified atom stereocenters. The van der Waals surface area contributed by atoms with Crippen molar-refractivity contribution in [1.82, 2.24) is 5.32 Å². The van der Waals surface area contributed by atoms with E-state index in [1.165, 1.54) is 0 Å². The summed E-state index contributed by atoms with van der Waals surface area (Å²) in [5, 5.41) is 2.47. The first-order chi connectivity index (χ1) is 14.4. The minimum atomic E-state index is -1.15. The summed E-state index contributed by atoms with van der Waals surface area (Å²) < 4.78 is 38.5. The number of nitrogens with one attached hydrogen (secondary N) is 1. The molecule has 0 bridgehead atoms. The van der Waals surface area contributed by atoms with E-state index in [2.05, 4.69) is 5.32 Å². The zero-order valence-corrected chi connectivity index (χ0v) is 17.9. The lowest BCUT2D eigenvalue weighted by Gasteiger charge is -2.32. The van der Waals surface area contributed by atoms with E-state index in [1.54, 1.807) is 12.1 Å². The number of carbonyl (C=O) groups is 2. The van der Waals surface area contributed by atoms with E-state index in [0.29, 0.717) is 0 Å². The molecule has 0 saturated carbocycles. The summed E-state index contributed by atoms with van der Waals surface area (Å²) >= 11 is 0. The van der Waals surface area contributed by atoms with Crippen LogP contribution in [0.15, 0.2) is 42.5 Å². The first kappa shape index (κ1) is 22.9. The van der Waals surface area contributed by atoms with Crippen LogP contribution in [-0.4, -0.2) is 36.2 Å². The van der Waals surface area contributed by atoms with Crippen molar-refractivity contribution in [3.8, 4) is 0 Å². The molecule has 1 fully saturated rings. The molecule has 0 radical (unpaired) electrons. The van der Waals surface area contributed by atoms with E-state index >= 15 is 0 Å². The van der Waals surface area contributed by atoms with Crippen LogP contribution in [0.4, 0.5) is 8.78 Å². The van der Waals surface area contributed by atoms with Gasteiger partial charge in [-0.2, -0.15) is 0 Å². The molecule has 31 heavy (non-hydrogen) atoms. The quantitative estimate of drug-likeness (QED) is 0.687. The SMILES string of the molecule is CC1(C)OB(c2ccc(C[C@@H](NC(=O)c3ccc(F)c(F)c3)C(N)=O)cc2)OC1(C)C. The van der Waals surface area contributed by atoms with Crippen LogP contribution >= 0.6 is 0 Å². The van der Waals surface area contributed by atoms with Gasteiger partial charge >= 0.3 is 7.12 Å². The van der Waals surface area contributed by atoms with Gasteiger partial charge in [0.2, 0.25) is 5.91 Å². The van der Waals surface area contributed by atoms with Gasteiger partial charge in [-0.3, -0.25) is 9.59 Å². The fourth-order valence-electron chi connectivity index (χ4n) is 3.13. The van der Waals surface area contributed by atoms with Crippen LogP contribution in [0.2, 0.25) is 0 Å². The first-order valence-electron chi connectivity index (χ1n) is 9.89. The van der Waals surface area contributed by atoms with E-state index in [9.17, 15) is 18.4 Å². The van der Waals surface area contributed by atoms with Crippen LogP contribution in [0.1, 0.15) is 43.6 Å². The molecule has 9 heteroatoms. The minimum Gasteiger partial charge on any atom is -0.399 e. The fourth-order valence-corrected chi connectivity index (χ4v) is 3.13. The third kappa shape index (κ3) is 4.94. The number of amides is 2. The number of benzene rings is 2. The second kappa shape index (κ2) is 8.40. The molecule has 1 atom stereocenters. The van der Waals surface area contributed by atoms with Gasteiger partial charge < -0.3 is 20.4 Å². The van der Waals surface area contributed by atoms with Crippen molar-refractivity contribution >= 4 is 24.4 Å². The summed E-state index contributed by atoms with van der Waals surface area (Å²) in [6.45, 7) is 7.87. The molecule has 2 aromatic carbocycles. The first-order valence-corrected chi connectivity index (χ1v) is 9.89. The Morgan fingerprint density at radius 1 is 1.00 bits per heavy atom. The highest BCUT2D eigenvalue weighted by Crippen LogP contribution is 2.36. The smallest absolute Gasteiger partial charge is 0.399 e. The van der Waals surface area contributed by atoms with Gasteiger partial charge in [0.25, 0.3) is 5.91 Å². The molecular formula is C22H25BF2N2O4. The van der Waals surface area contributed by atoms with Crippen LogP contribution in [0, 0.1) is 11.6 Å². The zero-order chi connectivity index (χ0) is 23.0. The predicted molar refractivity (Wildman–Crippen MR) is 113 cm³/mol. The monoisotopic (exact) mass is 430 g/mol. The molecule has 3 N–H and O–H groups in total. The largest absolute Gasteiger partial charge is 0.494 e. The Morgan fingerprint density at radius 2 is 1.58 bits per heavy atom. The Hall–Kier alpha value is -2.78. The topological polar surface area (TPSA) is 90.6 Å². The van der Waals surface area contributed by atoms with Gasteiger partial charge in [-0.15, -0.1) is 0 Å². The van der Waals surface area contributed by atoms with Crippen molar-refractivity contribution < 1.29 is 27.7 Å². The van der Waals surface area contributed by atoms with Gasteiger partial charge in [-0.1, -0.05) is 24.3 Å². The van der Waals surface area contributed by atoms with Crippen molar-refractivity contribution in [3.63, 3.8) is 0 Å². The number of halogens is 2. The molecule has 1 aliphatic heterocycles. The number of carbonyl (C=O) groups excluding carboxylic acids is 2. The molecule has 164 valence electrons. The summed E-state index contributed by atoms with van der Waals surface area (Å²) in [5.41, 5.74) is 5.96. The van der Waals surface area contributed by atoms with Crippen molar-refractivity contribution in [2.75, 3.05) is 0 Å². The highest BCUT2D eigenvalue weighted by molar-refractivity contribution is 6.62. The zero-order valence-electron chi connectivity index (χ0n) is 17.9. The van der Waals surface area contributed by atoms with Gasteiger partial charge in [0.1, 0.15) is 6.04 Å². The van der Waals surface area contributed by atoms with Crippen molar-refractivity contribution in [2.45, 2.75) is 51.4 Å². The summed E-state index contributed by atoms with van der Waals surface area (Å²) in [6.07, 6.45) is 0.133. The van der Waals surface area contributed by atoms with Crippen LogP contribution < -0.4 is 16.5 Å². The Morgan fingerprint density at radius 3 is 2.10 bits per heavy atom. The summed E-state index contributed by atoms with van der Waals surface area (Å²) in [4.78, 5) is 24.2. The lowest BCUT2D eigenvalue weighted by Crippen LogP contribution is -2.46. The lowest BCUT2D eigenvalue weighted by atomic mass is 9.78. The predicted octanol–water partition coefficient (Wildman–Crippen LogP) is 2.09. The molecule has 6 nitrogen and oxygen atoms in total. The average molecular weight is 430 g/mol. The van der Waals surface area contributed by atoms with Gasteiger partial charge in [-0.05, 0) is 56.9 Å². The molecular weight excluding hydrogens is 405 g/mol. The Kier molecular flexibility index (Phi) is 6.20. The maximum atomic E-state index is 13.4. The van der Waals surface area contributed by atoms with Crippen molar-refractivity contribution in [3.05, 3.63) is 65.2 Å². The average Bonchev–Trinajstić information content (AvgIpc) is 2.91. The molecule has 1 saturated heterocycles.